The Morgan fingerprint density at radius 3 is 3.08 bits per heavy atom. The first-order chi connectivity index (χ1) is 6.31. The molecule has 1 heterocycles. The molecule has 1 aliphatic rings. The Morgan fingerprint density at radius 2 is 2.31 bits per heavy atom. The molecule has 3 heteroatoms. The summed E-state index contributed by atoms with van der Waals surface area (Å²) < 4.78 is 10.5. The summed E-state index contributed by atoms with van der Waals surface area (Å²) in [7, 11) is 3.69. The van der Waals surface area contributed by atoms with Crippen molar-refractivity contribution in [2.24, 2.45) is 0 Å². The van der Waals surface area contributed by atoms with E-state index in [0.717, 1.165) is 5.75 Å². The van der Waals surface area contributed by atoms with Crippen LogP contribution in [0.15, 0.2) is 18.2 Å². The van der Waals surface area contributed by atoms with E-state index < -0.39 is 0 Å². The van der Waals surface area contributed by atoms with Crippen LogP contribution >= 0.6 is 0 Å². The molecule has 13 heavy (non-hydrogen) atoms. The topological polar surface area (TPSA) is 21.7 Å². The van der Waals surface area contributed by atoms with Crippen LogP contribution in [0.25, 0.3) is 0 Å². The van der Waals surface area contributed by atoms with Gasteiger partial charge in [0.1, 0.15) is 12.5 Å². The van der Waals surface area contributed by atoms with Crippen LogP contribution in [0.3, 0.4) is 0 Å². The lowest BCUT2D eigenvalue weighted by Gasteiger charge is -2.27. The minimum absolute atomic E-state index is 0.653. The fraction of sp³-hybridized carbons (Fsp3) is 0.400. The van der Waals surface area contributed by atoms with E-state index >= 15 is 0 Å². The number of ether oxygens (including phenoxy) is 2. The predicted octanol–water partition coefficient (Wildman–Crippen LogP) is 1.62. The highest BCUT2D eigenvalue weighted by atomic mass is 16.5. The molecule has 0 unspecified atom stereocenters. The van der Waals surface area contributed by atoms with Crippen molar-refractivity contribution in [2.45, 2.75) is 6.61 Å². The van der Waals surface area contributed by atoms with E-state index in [1.807, 2.05) is 25.2 Å². The van der Waals surface area contributed by atoms with E-state index in [1.165, 1.54) is 11.3 Å². The Morgan fingerprint density at radius 1 is 1.46 bits per heavy atom. The van der Waals surface area contributed by atoms with Crippen molar-refractivity contribution in [1.29, 1.82) is 0 Å². The average molecular weight is 179 g/mol. The molecule has 0 aliphatic carbocycles. The zero-order chi connectivity index (χ0) is 9.26. The van der Waals surface area contributed by atoms with Crippen LogP contribution in [0.2, 0.25) is 0 Å². The Kier molecular flexibility index (Phi) is 2.10. The van der Waals surface area contributed by atoms with Gasteiger partial charge >= 0.3 is 0 Å². The van der Waals surface area contributed by atoms with Crippen LogP contribution < -0.4 is 9.64 Å². The van der Waals surface area contributed by atoms with Crippen LogP contribution in [0.5, 0.6) is 5.75 Å². The average Bonchev–Trinajstić information content (AvgIpc) is 2.18. The summed E-state index contributed by atoms with van der Waals surface area (Å²) in [6.45, 7) is 1.35. The van der Waals surface area contributed by atoms with E-state index in [0.29, 0.717) is 13.3 Å². The molecule has 2 rings (SSSR count). The molecule has 0 aromatic heterocycles. The first-order valence-corrected chi connectivity index (χ1v) is 4.27. The second kappa shape index (κ2) is 3.26. The summed E-state index contributed by atoms with van der Waals surface area (Å²) in [5.74, 6) is 0.896. The number of hydrogen-bond acceptors (Lipinski definition) is 3. The molecule has 1 aromatic rings. The lowest BCUT2D eigenvalue weighted by atomic mass is 10.1. The van der Waals surface area contributed by atoms with Gasteiger partial charge in [-0.2, -0.15) is 0 Å². The predicted molar refractivity (Wildman–Crippen MR) is 51.1 cm³/mol. The highest BCUT2D eigenvalue weighted by Gasteiger charge is 2.13. The standard InChI is InChI=1S/C10H13NO2/c1-11-7-13-6-8-3-4-9(12-2)5-10(8)11/h3-5H,6-7H2,1-2H3. The third-order valence-corrected chi connectivity index (χ3v) is 2.25. The van der Waals surface area contributed by atoms with Crippen molar-refractivity contribution in [3.8, 4) is 5.75 Å². The minimum atomic E-state index is 0.653. The molecule has 0 bridgehead atoms. The number of rotatable bonds is 1. The molecular formula is C10H13NO2. The fourth-order valence-corrected chi connectivity index (χ4v) is 1.51. The highest BCUT2D eigenvalue weighted by molar-refractivity contribution is 5.57. The fourth-order valence-electron chi connectivity index (χ4n) is 1.51. The van der Waals surface area contributed by atoms with Gasteiger partial charge in [0.2, 0.25) is 0 Å². The first kappa shape index (κ1) is 8.38. The first-order valence-electron chi connectivity index (χ1n) is 4.27. The summed E-state index contributed by atoms with van der Waals surface area (Å²) in [6.07, 6.45) is 0. The number of benzene rings is 1. The van der Waals surface area contributed by atoms with E-state index in [9.17, 15) is 0 Å². The molecule has 0 N–H and O–H groups in total. The van der Waals surface area contributed by atoms with E-state index in [2.05, 4.69) is 4.90 Å². The monoisotopic (exact) mass is 179 g/mol. The number of fused-ring (bicyclic) bond motifs is 1. The molecule has 1 aromatic carbocycles. The zero-order valence-corrected chi connectivity index (χ0v) is 7.91. The van der Waals surface area contributed by atoms with E-state index in [1.54, 1.807) is 7.11 Å². The third-order valence-electron chi connectivity index (χ3n) is 2.25. The Hall–Kier alpha value is -1.22. The molecule has 70 valence electrons. The summed E-state index contributed by atoms with van der Waals surface area (Å²) in [4.78, 5) is 2.07. The van der Waals surface area contributed by atoms with Crippen molar-refractivity contribution in [2.75, 3.05) is 25.8 Å². The SMILES string of the molecule is COc1ccc2c(c1)N(C)COC2. The smallest absolute Gasteiger partial charge is 0.120 e. The van der Waals surface area contributed by atoms with Gasteiger partial charge in [-0.15, -0.1) is 0 Å². The van der Waals surface area contributed by atoms with Gasteiger partial charge in [-0.05, 0) is 6.07 Å². The number of methoxy groups -OCH3 is 1. The summed E-state index contributed by atoms with van der Waals surface area (Å²) >= 11 is 0. The molecule has 0 saturated heterocycles. The molecule has 0 fully saturated rings. The lowest BCUT2D eigenvalue weighted by molar-refractivity contribution is 0.113. The molecule has 0 amide bonds. The Balaban J connectivity index is 2.41. The van der Waals surface area contributed by atoms with Gasteiger partial charge < -0.3 is 14.4 Å². The quantitative estimate of drug-likeness (QED) is 0.654. The number of anilines is 1. The van der Waals surface area contributed by atoms with Crippen molar-refractivity contribution in [3.63, 3.8) is 0 Å². The van der Waals surface area contributed by atoms with E-state index in [4.69, 9.17) is 9.47 Å². The Bertz CT molecular complexity index is 312. The second-order valence-electron chi connectivity index (χ2n) is 3.17. The summed E-state index contributed by atoms with van der Waals surface area (Å²) in [5, 5.41) is 0. The van der Waals surface area contributed by atoms with Crippen LogP contribution in [0, 0.1) is 0 Å². The van der Waals surface area contributed by atoms with Crippen LogP contribution in [-0.4, -0.2) is 20.9 Å². The van der Waals surface area contributed by atoms with Gasteiger partial charge in [0.05, 0.1) is 13.7 Å². The Labute approximate surface area is 77.9 Å². The summed E-state index contributed by atoms with van der Waals surface area (Å²) in [6, 6.07) is 6.04. The molecular weight excluding hydrogens is 166 g/mol. The molecule has 3 nitrogen and oxygen atoms in total. The van der Waals surface area contributed by atoms with Gasteiger partial charge in [-0.3, -0.25) is 0 Å². The van der Waals surface area contributed by atoms with E-state index in [-0.39, 0.29) is 0 Å². The van der Waals surface area contributed by atoms with Crippen molar-refractivity contribution < 1.29 is 9.47 Å². The van der Waals surface area contributed by atoms with Crippen LogP contribution in [0.1, 0.15) is 5.56 Å². The highest BCUT2D eigenvalue weighted by Crippen LogP contribution is 2.28. The second-order valence-corrected chi connectivity index (χ2v) is 3.17. The van der Waals surface area contributed by atoms with Gasteiger partial charge in [-0.1, -0.05) is 6.07 Å². The zero-order valence-electron chi connectivity index (χ0n) is 7.91. The molecule has 0 radical (unpaired) electrons. The molecule has 0 spiro atoms. The number of nitrogens with zero attached hydrogens (tertiary/aromatic N) is 1. The number of hydrogen-bond donors (Lipinski definition) is 0. The van der Waals surface area contributed by atoms with Gasteiger partial charge in [-0.25, -0.2) is 0 Å². The maximum absolute atomic E-state index is 5.37. The van der Waals surface area contributed by atoms with Gasteiger partial charge in [0.15, 0.2) is 0 Å². The normalized spacial score (nSPS) is 15.4. The maximum atomic E-state index is 5.37. The summed E-state index contributed by atoms with van der Waals surface area (Å²) in [5.41, 5.74) is 2.42. The van der Waals surface area contributed by atoms with Crippen molar-refractivity contribution >= 4 is 5.69 Å². The largest absolute Gasteiger partial charge is 0.497 e. The maximum Gasteiger partial charge on any atom is 0.120 e. The third kappa shape index (κ3) is 1.47. The van der Waals surface area contributed by atoms with Crippen molar-refractivity contribution in [3.05, 3.63) is 23.8 Å². The lowest BCUT2D eigenvalue weighted by Crippen LogP contribution is -2.26. The molecule has 0 saturated carbocycles. The van der Waals surface area contributed by atoms with Crippen molar-refractivity contribution in [1.82, 2.24) is 0 Å². The molecule has 0 atom stereocenters. The minimum Gasteiger partial charge on any atom is -0.497 e. The van der Waals surface area contributed by atoms with Gasteiger partial charge in [0.25, 0.3) is 0 Å². The van der Waals surface area contributed by atoms with Gasteiger partial charge in [0, 0.05) is 24.4 Å². The van der Waals surface area contributed by atoms with Crippen LogP contribution in [-0.2, 0) is 11.3 Å². The molecule has 1 aliphatic heterocycles. The van der Waals surface area contributed by atoms with Crippen LogP contribution in [0.4, 0.5) is 5.69 Å².